The van der Waals surface area contributed by atoms with Crippen molar-refractivity contribution in [2.24, 2.45) is 5.73 Å². The molecular formula is C14H21N3. The quantitative estimate of drug-likeness (QED) is 0.879. The van der Waals surface area contributed by atoms with Gasteiger partial charge >= 0.3 is 0 Å². The van der Waals surface area contributed by atoms with Gasteiger partial charge in [-0.15, -0.1) is 0 Å². The van der Waals surface area contributed by atoms with Crippen molar-refractivity contribution >= 4 is 11.0 Å². The molecule has 1 aromatic carbocycles. The van der Waals surface area contributed by atoms with Crippen molar-refractivity contribution in [2.75, 3.05) is 6.54 Å². The number of aromatic nitrogens is 2. The molecule has 3 nitrogen and oxygen atoms in total. The van der Waals surface area contributed by atoms with Crippen LogP contribution >= 0.6 is 0 Å². The second kappa shape index (κ2) is 4.88. The molecule has 0 fully saturated rings. The monoisotopic (exact) mass is 231 g/mol. The van der Waals surface area contributed by atoms with Gasteiger partial charge in [-0.3, -0.25) is 0 Å². The Morgan fingerprint density at radius 1 is 1.41 bits per heavy atom. The maximum Gasteiger partial charge on any atom is 0.112 e. The maximum absolute atomic E-state index is 5.64. The summed E-state index contributed by atoms with van der Waals surface area (Å²) in [6, 6.07) is 6.47. The molecule has 17 heavy (non-hydrogen) atoms. The van der Waals surface area contributed by atoms with E-state index in [1.54, 1.807) is 0 Å². The first-order valence-electron chi connectivity index (χ1n) is 6.34. The first-order valence-corrected chi connectivity index (χ1v) is 6.34. The summed E-state index contributed by atoms with van der Waals surface area (Å²) in [7, 11) is 0. The van der Waals surface area contributed by atoms with Gasteiger partial charge in [-0.1, -0.05) is 13.0 Å². The molecule has 0 saturated heterocycles. The predicted molar refractivity (Wildman–Crippen MR) is 72.2 cm³/mol. The molecule has 0 radical (unpaired) electrons. The van der Waals surface area contributed by atoms with Gasteiger partial charge in [-0.25, -0.2) is 4.98 Å². The van der Waals surface area contributed by atoms with E-state index < -0.39 is 0 Å². The average molecular weight is 231 g/mol. The van der Waals surface area contributed by atoms with Crippen molar-refractivity contribution in [3.63, 3.8) is 0 Å². The minimum atomic E-state index is 0.424. The normalized spacial score (nSPS) is 13.2. The third kappa shape index (κ3) is 2.20. The fourth-order valence-corrected chi connectivity index (χ4v) is 2.35. The highest BCUT2D eigenvalue weighted by atomic mass is 15.1. The number of hydrogen-bond acceptors (Lipinski definition) is 2. The van der Waals surface area contributed by atoms with Gasteiger partial charge in [-0.2, -0.15) is 0 Å². The van der Waals surface area contributed by atoms with E-state index in [2.05, 4.69) is 43.5 Å². The van der Waals surface area contributed by atoms with Crippen molar-refractivity contribution in [3.05, 3.63) is 29.6 Å². The molecule has 2 rings (SSSR count). The Hall–Kier alpha value is -1.35. The topological polar surface area (TPSA) is 43.8 Å². The number of hydrogen-bond donors (Lipinski definition) is 1. The van der Waals surface area contributed by atoms with Crippen molar-refractivity contribution < 1.29 is 0 Å². The van der Waals surface area contributed by atoms with Crippen LogP contribution in [0, 0.1) is 6.92 Å². The van der Waals surface area contributed by atoms with E-state index in [-0.39, 0.29) is 0 Å². The molecule has 92 valence electrons. The third-order valence-electron chi connectivity index (χ3n) is 3.29. The minimum absolute atomic E-state index is 0.424. The largest absolute Gasteiger partial charge is 0.330 e. The van der Waals surface area contributed by atoms with E-state index in [9.17, 15) is 0 Å². The van der Waals surface area contributed by atoms with Crippen LogP contribution in [0.25, 0.3) is 11.0 Å². The molecule has 3 heteroatoms. The lowest BCUT2D eigenvalue weighted by Gasteiger charge is -2.12. The van der Waals surface area contributed by atoms with Crippen LogP contribution in [0.15, 0.2) is 18.2 Å². The number of fused-ring (bicyclic) bond motifs is 1. The fourth-order valence-electron chi connectivity index (χ4n) is 2.35. The molecule has 1 unspecified atom stereocenters. The zero-order valence-electron chi connectivity index (χ0n) is 10.9. The Bertz CT molecular complexity index is 513. The van der Waals surface area contributed by atoms with Crippen LogP contribution in [-0.4, -0.2) is 16.1 Å². The van der Waals surface area contributed by atoms with Gasteiger partial charge in [0.1, 0.15) is 5.82 Å². The summed E-state index contributed by atoms with van der Waals surface area (Å²) in [4.78, 5) is 4.77. The van der Waals surface area contributed by atoms with Crippen LogP contribution in [0.2, 0.25) is 0 Å². The Balaban J connectivity index is 2.55. The van der Waals surface area contributed by atoms with E-state index >= 15 is 0 Å². The average Bonchev–Trinajstić information content (AvgIpc) is 2.66. The lowest BCUT2D eigenvalue weighted by atomic mass is 10.1. The highest BCUT2D eigenvalue weighted by molar-refractivity contribution is 5.77. The summed E-state index contributed by atoms with van der Waals surface area (Å²) in [5.74, 6) is 1.59. The lowest BCUT2D eigenvalue weighted by molar-refractivity contribution is 0.599. The number of benzene rings is 1. The van der Waals surface area contributed by atoms with E-state index in [1.807, 2.05) is 0 Å². The van der Waals surface area contributed by atoms with Gasteiger partial charge < -0.3 is 10.3 Å². The maximum atomic E-state index is 5.64. The van der Waals surface area contributed by atoms with Crippen LogP contribution in [-0.2, 0) is 6.54 Å². The molecule has 0 aliphatic heterocycles. The number of rotatable bonds is 4. The standard InChI is InChI=1S/C14H21N3/c1-4-17-13-6-5-10(2)9-12(13)16-14(17)11(3)7-8-15/h5-6,9,11H,4,7-8,15H2,1-3H3. The van der Waals surface area contributed by atoms with Crippen LogP contribution in [0.5, 0.6) is 0 Å². The highest BCUT2D eigenvalue weighted by Crippen LogP contribution is 2.24. The van der Waals surface area contributed by atoms with Gasteiger partial charge in [0.25, 0.3) is 0 Å². The van der Waals surface area contributed by atoms with Gasteiger partial charge in [0.15, 0.2) is 0 Å². The SMILES string of the molecule is CCn1c(C(C)CCN)nc2cc(C)ccc21. The van der Waals surface area contributed by atoms with Crippen molar-refractivity contribution in [1.29, 1.82) is 0 Å². The van der Waals surface area contributed by atoms with Crippen LogP contribution in [0.4, 0.5) is 0 Å². The Labute approximate surface area is 103 Å². The number of aryl methyl sites for hydroxylation is 2. The first-order chi connectivity index (χ1) is 8.17. The van der Waals surface area contributed by atoms with Gasteiger partial charge in [0.05, 0.1) is 11.0 Å². The molecule has 1 atom stereocenters. The summed E-state index contributed by atoms with van der Waals surface area (Å²) in [6.07, 6.45) is 0.988. The molecule has 0 saturated carbocycles. The second-order valence-electron chi connectivity index (χ2n) is 4.68. The second-order valence-corrected chi connectivity index (χ2v) is 4.68. The molecule has 1 aromatic heterocycles. The molecule has 0 bridgehead atoms. The van der Waals surface area contributed by atoms with Crippen LogP contribution < -0.4 is 5.73 Å². The van der Waals surface area contributed by atoms with Crippen molar-refractivity contribution in [2.45, 2.75) is 39.7 Å². The summed E-state index contributed by atoms with van der Waals surface area (Å²) in [5.41, 5.74) is 9.24. The molecular weight excluding hydrogens is 210 g/mol. The Kier molecular flexibility index (Phi) is 3.48. The fraction of sp³-hybridized carbons (Fsp3) is 0.500. The van der Waals surface area contributed by atoms with Crippen LogP contribution in [0.1, 0.15) is 37.6 Å². The number of nitrogens with zero attached hydrogens (tertiary/aromatic N) is 2. The molecule has 2 N–H and O–H groups in total. The van der Waals surface area contributed by atoms with E-state index in [0.29, 0.717) is 12.5 Å². The Morgan fingerprint density at radius 3 is 2.82 bits per heavy atom. The smallest absolute Gasteiger partial charge is 0.112 e. The first kappa shape index (κ1) is 12.1. The molecule has 0 spiro atoms. The van der Waals surface area contributed by atoms with Crippen molar-refractivity contribution in [1.82, 2.24) is 9.55 Å². The van der Waals surface area contributed by atoms with Crippen molar-refractivity contribution in [3.8, 4) is 0 Å². The number of imidazole rings is 1. The zero-order valence-corrected chi connectivity index (χ0v) is 10.9. The van der Waals surface area contributed by atoms with Gasteiger partial charge in [0, 0.05) is 12.5 Å². The van der Waals surface area contributed by atoms with Gasteiger partial charge in [-0.05, 0) is 44.5 Å². The molecule has 1 heterocycles. The third-order valence-corrected chi connectivity index (χ3v) is 3.29. The Morgan fingerprint density at radius 2 is 2.18 bits per heavy atom. The summed E-state index contributed by atoms with van der Waals surface area (Å²) >= 11 is 0. The summed E-state index contributed by atoms with van der Waals surface area (Å²) < 4.78 is 2.30. The summed E-state index contributed by atoms with van der Waals surface area (Å²) in [6.45, 7) is 8.15. The predicted octanol–water partition coefficient (Wildman–Crippen LogP) is 2.82. The highest BCUT2D eigenvalue weighted by Gasteiger charge is 2.14. The molecule has 0 aliphatic carbocycles. The zero-order chi connectivity index (χ0) is 12.4. The van der Waals surface area contributed by atoms with Crippen LogP contribution in [0.3, 0.4) is 0 Å². The molecule has 0 aliphatic rings. The molecule has 0 amide bonds. The lowest BCUT2D eigenvalue weighted by Crippen LogP contribution is -2.10. The van der Waals surface area contributed by atoms with E-state index in [4.69, 9.17) is 10.7 Å². The summed E-state index contributed by atoms with van der Waals surface area (Å²) in [5, 5.41) is 0. The van der Waals surface area contributed by atoms with E-state index in [1.165, 1.54) is 16.9 Å². The van der Waals surface area contributed by atoms with E-state index in [0.717, 1.165) is 18.5 Å². The number of nitrogens with two attached hydrogens (primary N) is 1. The van der Waals surface area contributed by atoms with Gasteiger partial charge in [0.2, 0.25) is 0 Å². The minimum Gasteiger partial charge on any atom is -0.330 e. The molecule has 2 aromatic rings.